The molecule has 0 amide bonds. The summed E-state index contributed by atoms with van der Waals surface area (Å²) in [6.45, 7) is 4.23. The van der Waals surface area contributed by atoms with Crippen LogP contribution in [0.4, 0.5) is 0 Å². The summed E-state index contributed by atoms with van der Waals surface area (Å²) in [5.74, 6) is 0.986. The maximum Gasteiger partial charge on any atom is 0.126 e. The Morgan fingerprint density at radius 2 is 1.76 bits per heavy atom. The highest BCUT2D eigenvalue weighted by Gasteiger charge is 2.32. The van der Waals surface area contributed by atoms with Gasteiger partial charge in [0.05, 0.1) is 7.11 Å². The van der Waals surface area contributed by atoms with Crippen molar-refractivity contribution in [2.45, 2.75) is 51.5 Å². The molecule has 0 heterocycles. The molecule has 2 heteroatoms. The fourth-order valence-corrected chi connectivity index (χ4v) is 3.05. The summed E-state index contributed by atoms with van der Waals surface area (Å²) in [6.07, 6.45) is 5.92. The minimum atomic E-state index is -0.180. The molecule has 0 saturated heterocycles. The smallest absolute Gasteiger partial charge is 0.126 e. The summed E-state index contributed by atoms with van der Waals surface area (Å²) < 4.78 is 5.57. The number of methoxy groups -OCH3 is 1. The van der Waals surface area contributed by atoms with Crippen LogP contribution in [-0.2, 0) is 5.54 Å². The maximum atomic E-state index is 6.61. The van der Waals surface area contributed by atoms with Gasteiger partial charge in [0, 0.05) is 11.1 Å². The van der Waals surface area contributed by atoms with E-state index in [-0.39, 0.29) is 5.54 Å². The van der Waals surface area contributed by atoms with Gasteiger partial charge in [0.2, 0.25) is 0 Å². The molecule has 1 aliphatic rings. The summed E-state index contributed by atoms with van der Waals surface area (Å²) in [7, 11) is 1.74. The summed E-state index contributed by atoms with van der Waals surface area (Å²) >= 11 is 0. The van der Waals surface area contributed by atoms with Crippen LogP contribution in [0.3, 0.4) is 0 Å². The first kappa shape index (κ1) is 12.4. The molecule has 2 nitrogen and oxygen atoms in total. The normalized spacial score (nSPS) is 19.1. The van der Waals surface area contributed by atoms with Crippen LogP contribution in [-0.4, -0.2) is 7.11 Å². The van der Waals surface area contributed by atoms with Gasteiger partial charge in [0.1, 0.15) is 5.75 Å². The zero-order chi connectivity index (χ0) is 12.5. The molecule has 0 radical (unpaired) electrons. The summed E-state index contributed by atoms with van der Waals surface area (Å²) in [5, 5.41) is 0. The van der Waals surface area contributed by atoms with E-state index in [1.807, 2.05) is 0 Å². The summed E-state index contributed by atoms with van der Waals surface area (Å²) in [4.78, 5) is 0. The van der Waals surface area contributed by atoms with Crippen molar-refractivity contribution in [3.63, 3.8) is 0 Å². The predicted molar refractivity (Wildman–Crippen MR) is 71.4 cm³/mol. The predicted octanol–water partition coefficient (Wildman–Crippen LogP) is 3.43. The fraction of sp³-hybridized carbons (Fsp3) is 0.600. The van der Waals surface area contributed by atoms with Crippen molar-refractivity contribution >= 4 is 0 Å². The minimum absolute atomic E-state index is 0.180. The quantitative estimate of drug-likeness (QED) is 0.849. The second-order valence-corrected chi connectivity index (χ2v) is 5.38. The van der Waals surface area contributed by atoms with Crippen molar-refractivity contribution < 1.29 is 4.74 Å². The zero-order valence-electron chi connectivity index (χ0n) is 11.2. The molecule has 1 aliphatic carbocycles. The third-order valence-corrected chi connectivity index (χ3v) is 3.91. The van der Waals surface area contributed by atoms with E-state index in [1.165, 1.54) is 36.0 Å². The van der Waals surface area contributed by atoms with Gasteiger partial charge in [-0.25, -0.2) is 0 Å². The minimum Gasteiger partial charge on any atom is -0.496 e. The molecule has 17 heavy (non-hydrogen) atoms. The van der Waals surface area contributed by atoms with Gasteiger partial charge >= 0.3 is 0 Å². The van der Waals surface area contributed by atoms with Crippen LogP contribution in [0.15, 0.2) is 12.1 Å². The number of hydrogen-bond donors (Lipinski definition) is 1. The third-order valence-electron chi connectivity index (χ3n) is 3.91. The summed E-state index contributed by atoms with van der Waals surface area (Å²) in [5.41, 5.74) is 10.1. The van der Waals surface area contributed by atoms with Gasteiger partial charge in [-0.15, -0.1) is 0 Å². The van der Waals surface area contributed by atoms with Gasteiger partial charge in [-0.2, -0.15) is 0 Å². The first-order chi connectivity index (χ1) is 8.07. The molecular weight excluding hydrogens is 210 g/mol. The van der Waals surface area contributed by atoms with Crippen molar-refractivity contribution in [2.24, 2.45) is 5.73 Å². The molecule has 2 rings (SSSR count). The second-order valence-electron chi connectivity index (χ2n) is 5.38. The van der Waals surface area contributed by atoms with Crippen LogP contribution in [0.5, 0.6) is 5.75 Å². The highest BCUT2D eigenvalue weighted by Crippen LogP contribution is 2.40. The first-order valence-corrected chi connectivity index (χ1v) is 6.51. The third kappa shape index (κ3) is 2.32. The van der Waals surface area contributed by atoms with Crippen molar-refractivity contribution in [3.8, 4) is 5.75 Å². The Bertz CT molecular complexity index is 406. The Labute approximate surface area is 104 Å². The Kier molecular flexibility index (Phi) is 3.43. The fourth-order valence-electron chi connectivity index (χ4n) is 3.05. The Hall–Kier alpha value is -1.02. The number of aryl methyl sites for hydroxylation is 2. The highest BCUT2D eigenvalue weighted by atomic mass is 16.5. The molecule has 1 fully saturated rings. The molecule has 94 valence electrons. The molecule has 0 spiro atoms. The van der Waals surface area contributed by atoms with E-state index in [1.54, 1.807) is 7.11 Å². The zero-order valence-corrected chi connectivity index (χ0v) is 11.2. The van der Waals surface area contributed by atoms with Crippen LogP contribution in [0.25, 0.3) is 0 Å². The largest absolute Gasteiger partial charge is 0.496 e. The van der Waals surface area contributed by atoms with Gasteiger partial charge < -0.3 is 10.5 Å². The van der Waals surface area contributed by atoms with Gasteiger partial charge in [0.15, 0.2) is 0 Å². The van der Waals surface area contributed by atoms with E-state index >= 15 is 0 Å². The molecule has 0 unspecified atom stereocenters. The topological polar surface area (TPSA) is 35.2 Å². The lowest BCUT2D eigenvalue weighted by molar-refractivity contribution is 0.288. The lowest BCUT2D eigenvalue weighted by Gasteiger charge is -2.35. The van der Waals surface area contributed by atoms with E-state index in [2.05, 4.69) is 26.0 Å². The Balaban J connectivity index is 2.49. The number of hydrogen-bond acceptors (Lipinski definition) is 2. The number of ether oxygens (including phenoxy) is 1. The van der Waals surface area contributed by atoms with Crippen LogP contribution < -0.4 is 10.5 Å². The Morgan fingerprint density at radius 3 is 2.35 bits per heavy atom. The van der Waals surface area contributed by atoms with E-state index in [9.17, 15) is 0 Å². The number of rotatable bonds is 2. The molecule has 1 aromatic rings. The van der Waals surface area contributed by atoms with Gasteiger partial charge in [0.25, 0.3) is 0 Å². The SMILES string of the molecule is COc1c(C)cc(C)cc1C1(N)CCCCC1. The molecule has 2 N–H and O–H groups in total. The standard InChI is InChI=1S/C15H23NO/c1-11-9-12(2)14(17-3)13(10-11)15(16)7-5-4-6-8-15/h9-10H,4-8,16H2,1-3H3. The van der Waals surface area contributed by atoms with E-state index in [4.69, 9.17) is 10.5 Å². The molecule has 0 atom stereocenters. The van der Waals surface area contributed by atoms with Crippen molar-refractivity contribution in [1.82, 2.24) is 0 Å². The Morgan fingerprint density at radius 1 is 1.12 bits per heavy atom. The molecular formula is C15H23NO. The van der Waals surface area contributed by atoms with E-state index < -0.39 is 0 Å². The van der Waals surface area contributed by atoms with Crippen molar-refractivity contribution in [3.05, 3.63) is 28.8 Å². The van der Waals surface area contributed by atoms with Crippen LogP contribution in [0.2, 0.25) is 0 Å². The van der Waals surface area contributed by atoms with Crippen molar-refractivity contribution in [2.75, 3.05) is 7.11 Å². The van der Waals surface area contributed by atoms with Gasteiger partial charge in [-0.1, -0.05) is 37.0 Å². The monoisotopic (exact) mass is 233 g/mol. The summed E-state index contributed by atoms with van der Waals surface area (Å²) in [6, 6.07) is 4.37. The highest BCUT2D eigenvalue weighted by molar-refractivity contribution is 5.47. The van der Waals surface area contributed by atoms with E-state index in [0.717, 1.165) is 18.6 Å². The van der Waals surface area contributed by atoms with Crippen molar-refractivity contribution in [1.29, 1.82) is 0 Å². The number of nitrogens with two attached hydrogens (primary N) is 1. The molecule has 0 aliphatic heterocycles. The number of benzene rings is 1. The lowest BCUT2D eigenvalue weighted by Crippen LogP contribution is -2.39. The second kappa shape index (κ2) is 4.69. The van der Waals surface area contributed by atoms with Crippen LogP contribution >= 0.6 is 0 Å². The van der Waals surface area contributed by atoms with Crippen LogP contribution in [0.1, 0.15) is 48.8 Å². The lowest BCUT2D eigenvalue weighted by atomic mass is 9.76. The van der Waals surface area contributed by atoms with Gasteiger partial charge in [-0.3, -0.25) is 0 Å². The average Bonchev–Trinajstić information content (AvgIpc) is 2.29. The van der Waals surface area contributed by atoms with E-state index in [0.29, 0.717) is 0 Å². The molecule has 1 saturated carbocycles. The molecule has 1 aromatic carbocycles. The first-order valence-electron chi connectivity index (χ1n) is 6.51. The molecule has 0 bridgehead atoms. The average molecular weight is 233 g/mol. The molecule has 0 aromatic heterocycles. The maximum absolute atomic E-state index is 6.61. The van der Waals surface area contributed by atoms with Crippen LogP contribution in [0, 0.1) is 13.8 Å². The van der Waals surface area contributed by atoms with Gasteiger partial charge in [-0.05, 0) is 32.3 Å².